The van der Waals surface area contributed by atoms with Crippen LogP contribution in [0.2, 0.25) is 0 Å². The van der Waals surface area contributed by atoms with E-state index in [4.69, 9.17) is 0 Å². The lowest BCUT2D eigenvalue weighted by molar-refractivity contribution is -0.126. The van der Waals surface area contributed by atoms with Gasteiger partial charge in [0, 0.05) is 24.9 Å². The van der Waals surface area contributed by atoms with Crippen LogP contribution >= 0.6 is 11.8 Å². The quantitative estimate of drug-likeness (QED) is 0.737. The van der Waals surface area contributed by atoms with Crippen molar-refractivity contribution in [3.05, 3.63) is 42.1 Å². The molecule has 0 N–H and O–H groups in total. The van der Waals surface area contributed by atoms with E-state index in [9.17, 15) is 4.79 Å². The van der Waals surface area contributed by atoms with Gasteiger partial charge in [-0.05, 0) is 32.6 Å². The van der Waals surface area contributed by atoms with Crippen LogP contribution in [0.25, 0.3) is 11.4 Å². The van der Waals surface area contributed by atoms with Crippen LogP contribution in [0.5, 0.6) is 0 Å². The lowest BCUT2D eigenvalue weighted by Crippen LogP contribution is -2.32. The van der Waals surface area contributed by atoms with Crippen molar-refractivity contribution in [2.24, 2.45) is 7.05 Å². The lowest BCUT2D eigenvalue weighted by Gasteiger charge is -2.26. The van der Waals surface area contributed by atoms with Gasteiger partial charge in [-0.15, -0.1) is 10.2 Å². The molecular weight excluding hydrogens is 332 g/mol. The number of allylic oxidation sites excluding steroid dienone is 2. The molecule has 1 aromatic carbocycles. The molecule has 0 bridgehead atoms. The zero-order chi connectivity index (χ0) is 17.6. The molecular formula is C19H24N4OS. The second-order valence-electron chi connectivity index (χ2n) is 6.10. The Hall–Kier alpha value is -2.08. The molecule has 5 nitrogen and oxygen atoms in total. The summed E-state index contributed by atoms with van der Waals surface area (Å²) in [5, 5.41) is 9.29. The summed E-state index contributed by atoms with van der Waals surface area (Å²) in [5.41, 5.74) is 2.21. The minimum Gasteiger partial charge on any atom is -0.316 e. The summed E-state index contributed by atoms with van der Waals surface area (Å²) in [6.07, 6.45) is 6.70. The number of hydrogen-bond acceptors (Lipinski definition) is 4. The third-order valence-electron chi connectivity index (χ3n) is 4.42. The maximum Gasteiger partial charge on any atom is 0.237 e. The van der Waals surface area contributed by atoms with Gasteiger partial charge >= 0.3 is 0 Å². The van der Waals surface area contributed by atoms with Gasteiger partial charge in [-0.1, -0.05) is 48.2 Å². The van der Waals surface area contributed by atoms with Crippen molar-refractivity contribution in [1.29, 1.82) is 0 Å². The average Bonchev–Trinajstić information content (AvgIpc) is 3.03. The van der Waals surface area contributed by atoms with Gasteiger partial charge in [0.05, 0.1) is 5.75 Å². The van der Waals surface area contributed by atoms with Crippen molar-refractivity contribution in [3.8, 4) is 11.4 Å². The number of nitrogens with zero attached hydrogens (tertiary/aromatic N) is 4. The van der Waals surface area contributed by atoms with Gasteiger partial charge in [0.1, 0.15) is 0 Å². The van der Waals surface area contributed by atoms with Gasteiger partial charge in [0.2, 0.25) is 5.91 Å². The van der Waals surface area contributed by atoms with Crippen molar-refractivity contribution < 1.29 is 4.79 Å². The molecule has 1 aliphatic carbocycles. The first kappa shape index (κ1) is 17.7. The fraction of sp³-hybridized carbons (Fsp3) is 0.421. The van der Waals surface area contributed by atoms with E-state index in [0.717, 1.165) is 35.9 Å². The first-order valence-electron chi connectivity index (χ1n) is 8.77. The standard InChI is InChI=1S/C19H24N4OS/c1-3-23(16-12-8-5-9-13-16)17(24)14-25-19-21-20-18(22(19)2)15-10-6-4-7-11-15/h4,6-7,10-12H,3,5,8-9,13-14H2,1-2H3. The van der Waals surface area contributed by atoms with Gasteiger partial charge < -0.3 is 9.47 Å². The maximum atomic E-state index is 12.6. The number of benzene rings is 1. The Balaban J connectivity index is 1.66. The zero-order valence-electron chi connectivity index (χ0n) is 14.8. The highest BCUT2D eigenvalue weighted by molar-refractivity contribution is 7.99. The van der Waals surface area contributed by atoms with Gasteiger partial charge in [-0.2, -0.15) is 0 Å². The highest BCUT2D eigenvalue weighted by atomic mass is 32.2. The molecule has 6 heteroatoms. The van der Waals surface area contributed by atoms with Crippen molar-refractivity contribution >= 4 is 17.7 Å². The van der Waals surface area contributed by atoms with Crippen LogP contribution < -0.4 is 0 Å². The SMILES string of the molecule is CCN(C(=O)CSc1nnc(-c2ccccc2)n1C)C1=CCCCC1. The van der Waals surface area contributed by atoms with E-state index in [-0.39, 0.29) is 5.91 Å². The Morgan fingerprint density at radius 3 is 2.72 bits per heavy atom. The van der Waals surface area contributed by atoms with Crippen molar-refractivity contribution in [1.82, 2.24) is 19.7 Å². The van der Waals surface area contributed by atoms with Gasteiger partial charge in [-0.3, -0.25) is 4.79 Å². The summed E-state index contributed by atoms with van der Waals surface area (Å²) in [6, 6.07) is 9.97. The van der Waals surface area contributed by atoms with E-state index in [2.05, 4.69) is 16.3 Å². The van der Waals surface area contributed by atoms with Gasteiger partial charge in [0.15, 0.2) is 11.0 Å². The molecule has 25 heavy (non-hydrogen) atoms. The van der Waals surface area contributed by atoms with Crippen LogP contribution in [-0.2, 0) is 11.8 Å². The average molecular weight is 356 g/mol. The van der Waals surface area contributed by atoms with E-state index in [1.54, 1.807) is 0 Å². The highest BCUT2D eigenvalue weighted by Crippen LogP contribution is 2.25. The number of carbonyl (C=O) groups excluding carboxylic acids is 1. The smallest absolute Gasteiger partial charge is 0.237 e. The third-order valence-corrected chi connectivity index (χ3v) is 5.43. The van der Waals surface area contributed by atoms with Crippen molar-refractivity contribution in [2.75, 3.05) is 12.3 Å². The Kier molecular flexibility index (Phi) is 5.91. The predicted molar refractivity (Wildman–Crippen MR) is 101 cm³/mol. The molecule has 1 heterocycles. The number of thioether (sulfide) groups is 1. The van der Waals surface area contributed by atoms with E-state index in [1.165, 1.54) is 30.3 Å². The molecule has 0 radical (unpaired) electrons. The van der Waals surface area contributed by atoms with Crippen molar-refractivity contribution in [3.63, 3.8) is 0 Å². The highest BCUT2D eigenvalue weighted by Gasteiger charge is 2.19. The summed E-state index contributed by atoms with van der Waals surface area (Å²) >= 11 is 1.45. The minimum absolute atomic E-state index is 0.143. The molecule has 0 fully saturated rings. The minimum atomic E-state index is 0.143. The molecule has 132 valence electrons. The summed E-state index contributed by atoms with van der Waals surface area (Å²) in [5.74, 6) is 1.34. The van der Waals surface area contributed by atoms with Crippen LogP contribution in [-0.4, -0.2) is 37.9 Å². The molecule has 1 amide bonds. The van der Waals surface area contributed by atoms with Crippen LogP contribution in [0.1, 0.15) is 32.6 Å². The first-order valence-corrected chi connectivity index (χ1v) is 9.76. The summed E-state index contributed by atoms with van der Waals surface area (Å²) in [7, 11) is 1.94. The van der Waals surface area contributed by atoms with Crippen LogP contribution in [0.4, 0.5) is 0 Å². The monoisotopic (exact) mass is 356 g/mol. The third kappa shape index (κ3) is 4.12. The summed E-state index contributed by atoms with van der Waals surface area (Å²) in [4.78, 5) is 14.6. The Morgan fingerprint density at radius 1 is 1.24 bits per heavy atom. The number of rotatable bonds is 6. The van der Waals surface area contributed by atoms with Gasteiger partial charge in [0.25, 0.3) is 0 Å². The largest absolute Gasteiger partial charge is 0.316 e. The normalized spacial score (nSPS) is 14.2. The molecule has 0 aliphatic heterocycles. The molecule has 1 aromatic heterocycles. The van der Waals surface area contributed by atoms with Crippen molar-refractivity contribution in [2.45, 2.75) is 37.8 Å². The molecule has 0 saturated carbocycles. The number of hydrogen-bond donors (Lipinski definition) is 0. The fourth-order valence-electron chi connectivity index (χ4n) is 3.09. The number of aromatic nitrogens is 3. The van der Waals surface area contributed by atoms with E-state index < -0.39 is 0 Å². The molecule has 1 aliphatic rings. The van der Waals surface area contributed by atoms with E-state index in [0.29, 0.717) is 5.75 Å². The Bertz CT molecular complexity index is 754. The lowest BCUT2D eigenvalue weighted by atomic mass is 10.0. The van der Waals surface area contributed by atoms with Crippen LogP contribution in [0.3, 0.4) is 0 Å². The van der Waals surface area contributed by atoms with Crippen LogP contribution in [0.15, 0.2) is 47.3 Å². The molecule has 0 unspecified atom stereocenters. The molecule has 2 aromatic rings. The van der Waals surface area contributed by atoms with E-state index in [1.807, 2.05) is 53.8 Å². The number of amides is 1. The zero-order valence-corrected chi connectivity index (χ0v) is 15.6. The summed E-state index contributed by atoms with van der Waals surface area (Å²) in [6.45, 7) is 2.76. The summed E-state index contributed by atoms with van der Waals surface area (Å²) < 4.78 is 1.95. The van der Waals surface area contributed by atoms with Gasteiger partial charge in [-0.25, -0.2) is 0 Å². The molecule has 3 rings (SSSR count). The molecule has 0 spiro atoms. The first-order chi connectivity index (χ1) is 12.2. The fourth-order valence-corrected chi connectivity index (χ4v) is 3.88. The number of carbonyl (C=O) groups is 1. The Morgan fingerprint density at radius 2 is 2.04 bits per heavy atom. The van der Waals surface area contributed by atoms with Crippen LogP contribution in [0, 0.1) is 0 Å². The predicted octanol–water partition coefficient (Wildman–Crippen LogP) is 3.88. The second kappa shape index (κ2) is 8.34. The molecule has 0 atom stereocenters. The second-order valence-corrected chi connectivity index (χ2v) is 7.04. The maximum absolute atomic E-state index is 12.6. The topological polar surface area (TPSA) is 51.0 Å². The molecule has 0 saturated heterocycles. The van der Waals surface area contributed by atoms with E-state index >= 15 is 0 Å². The Labute approximate surface area is 153 Å².